The molecule has 0 saturated carbocycles. The first-order chi connectivity index (χ1) is 10.9. The number of hydrogen-bond acceptors (Lipinski definition) is 6. The van der Waals surface area contributed by atoms with E-state index in [4.69, 9.17) is 16.3 Å². The van der Waals surface area contributed by atoms with Gasteiger partial charge in [0.05, 0.1) is 24.8 Å². The van der Waals surface area contributed by atoms with Gasteiger partial charge in [0.2, 0.25) is 5.28 Å². The van der Waals surface area contributed by atoms with Crippen molar-refractivity contribution in [3.05, 3.63) is 17.3 Å². The zero-order valence-electron chi connectivity index (χ0n) is 13.4. The van der Waals surface area contributed by atoms with Crippen LogP contribution in [0.3, 0.4) is 0 Å². The molecule has 1 atom stereocenters. The first-order valence-electron chi connectivity index (χ1n) is 7.70. The van der Waals surface area contributed by atoms with Crippen LogP contribution >= 0.6 is 11.6 Å². The molecule has 1 heterocycles. The molecule has 0 amide bonds. The number of ether oxygens (including phenoxy) is 1. The van der Waals surface area contributed by atoms with E-state index in [0.717, 1.165) is 6.20 Å². The minimum Gasteiger partial charge on any atom is -0.466 e. The number of hydrogen-bond donors (Lipinski definition) is 2. The lowest BCUT2D eigenvalue weighted by Crippen LogP contribution is -2.32. The van der Waals surface area contributed by atoms with Gasteiger partial charge in [-0.25, -0.2) is 9.37 Å². The van der Waals surface area contributed by atoms with Gasteiger partial charge in [0, 0.05) is 6.54 Å². The Morgan fingerprint density at radius 1 is 1.48 bits per heavy atom. The average molecular weight is 348 g/mol. The number of rotatable bonds is 10. The first-order valence-corrected chi connectivity index (χ1v) is 8.08. The highest BCUT2D eigenvalue weighted by molar-refractivity contribution is 6.28. The molecule has 0 spiro atoms. The Morgan fingerprint density at radius 2 is 2.22 bits per heavy atom. The molecule has 1 rings (SSSR count). The van der Waals surface area contributed by atoms with E-state index in [0.29, 0.717) is 38.8 Å². The second kappa shape index (κ2) is 9.62. The number of halogens is 2. The van der Waals surface area contributed by atoms with Crippen molar-refractivity contribution in [1.29, 1.82) is 0 Å². The average Bonchev–Trinajstić information content (AvgIpc) is 2.50. The molecule has 2 N–H and O–H groups in total. The number of carbonyl (C=O) groups is 1. The zero-order chi connectivity index (χ0) is 17.3. The summed E-state index contributed by atoms with van der Waals surface area (Å²) in [5.74, 6) is -0.906. The molecule has 0 aliphatic rings. The van der Waals surface area contributed by atoms with Crippen LogP contribution in [0.5, 0.6) is 0 Å². The molecule has 1 aromatic rings. The lowest BCUT2D eigenvalue weighted by atomic mass is 9.90. The SMILES string of the molecule is CCOC(=O)CC(O)(CC)CCCCNc1nc(Cl)ncc1F. The number of anilines is 1. The third-order valence-corrected chi connectivity index (χ3v) is 3.70. The Balaban J connectivity index is 2.34. The number of esters is 1. The smallest absolute Gasteiger partial charge is 0.308 e. The van der Waals surface area contributed by atoms with E-state index in [1.54, 1.807) is 6.92 Å². The van der Waals surface area contributed by atoms with E-state index in [2.05, 4.69) is 15.3 Å². The molecular formula is C15H23ClFN3O3. The standard InChI is InChI=1S/C15H23ClFN3O3/c1-3-15(22,9-12(21)23-4-2)7-5-6-8-18-13-11(17)10-19-14(16)20-13/h10,22H,3-9H2,1-2H3,(H,18,19,20). The maximum absolute atomic E-state index is 13.4. The quantitative estimate of drug-likeness (QED) is 0.384. The fraction of sp³-hybridized carbons (Fsp3) is 0.667. The summed E-state index contributed by atoms with van der Waals surface area (Å²) in [5.41, 5.74) is -1.06. The van der Waals surface area contributed by atoms with Gasteiger partial charge in [0.15, 0.2) is 11.6 Å². The molecular weight excluding hydrogens is 325 g/mol. The lowest BCUT2D eigenvalue weighted by molar-refractivity contribution is -0.149. The van der Waals surface area contributed by atoms with Crippen molar-refractivity contribution in [2.24, 2.45) is 0 Å². The minimum absolute atomic E-state index is 0.0130. The van der Waals surface area contributed by atoms with Crippen LogP contribution in [0.1, 0.15) is 46.0 Å². The minimum atomic E-state index is -1.06. The van der Waals surface area contributed by atoms with Crippen molar-refractivity contribution in [2.75, 3.05) is 18.5 Å². The molecule has 130 valence electrons. The van der Waals surface area contributed by atoms with Gasteiger partial charge in [0.1, 0.15) is 0 Å². The van der Waals surface area contributed by atoms with E-state index >= 15 is 0 Å². The topological polar surface area (TPSA) is 84.3 Å². The number of carbonyl (C=O) groups excluding carboxylic acids is 1. The Labute approximate surface area is 140 Å². The van der Waals surface area contributed by atoms with E-state index in [-0.39, 0.29) is 17.5 Å². The normalized spacial score (nSPS) is 13.4. The van der Waals surface area contributed by atoms with Gasteiger partial charge >= 0.3 is 5.97 Å². The molecule has 6 nitrogen and oxygen atoms in total. The third kappa shape index (κ3) is 7.09. The summed E-state index contributed by atoms with van der Waals surface area (Å²) in [6.45, 7) is 4.34. The zero-order valence-corrected chi connectivity index (χ0v) is 14.2. The molecule has 8 heteroatoms. The van der Waals surface area contributed by atoms with Crippen LogP contribution in [-0.2, 0) is 9.53 Å². The number of aromatic nitrogens is 2. The molecule has 0 saturated heterocycles. The number of aliphatic hydroxyl groups is 1. The van der Waals surface area contributed by atoms with Crippen LogP contribution in [0, 0.1) is 5.82 Å². The molecule has 0 bridgehead atoms. The molecule has 0 aliphatic carbocycles. The highest BCUT2D eigenvalue weighted by Crippen LogP contribution is 2.23. The van der Waals surface area contributed by atoms with E-state index in [9.17, 15) is 14.3 Å². The first kappa shape index (κ1) is 19.6. The molecule has 0 aromatic carbocycles. The van der Waals surface area contributed by atoms with Gasteiger partial charge in [-0.1, -0.05) is 6.92 Å². The summed E-state index contributed by atoms with van der Waals surface area (Å²) in [6.07, 6.45) is 3.30. The van der Waals surface area contributed by atoms with E-state index < -0.39 is 17.4 Å². The summed E-state index contributed by atoms with van der Waals surface area (Å²) in [6, 6.07) is 0. The molecule has 1 aromatic heterocycles. The number of unbranched alkanes of at least 4 members (excludes halogenated alkanes) is 1. The van der Waals surface area contributed by atoms with Crippen molar-refractivity contribution < 1.29 is 19.0 Å². The van der Waals surface area contributed by atoms with Crippen molar-refractivity contribution in [1.82, 2.24) is 9.97 Å². The highest BCUT2D eigenvalue weighted by Gasteiger charge is 2.28. The Morgan fingerprint density at radius 3 is 2.87 bits per heavy atom. The van der Waals surface area contributed by atoms with Gasteiger partial charge in [-0.3, -0.25) is 4.79 Å². The van der Waals surface area contributed by atoms with Crippen molar-refractivity contribution in [3.8, 4) is 0 Å². The van der Waals surface area contributed by atoms with Crippen LogP contribution in [-0.4, -0.2) is 39.8 Å². The largest absolute Gasteiger partial charge is 0.466 e. The molecule has 0 aliphatic heterocycles. The predicted octanol–water partition coefficient (Wildman–Crippen LogP) is 2.95. The van der Waals surface area contributed by atoms with Crippen LogP contribution in [0.2, 0.25) is 5.28 Å². The van der Waals surface area contributed by atoms with E-state index in [1.165, 1.54) is 0 Å². The third-order valence-electron chi connectivity index (χ3n) is 3.51. The second-order valence-corrected chi connectivity index (χ2v) is 5.62. The Kier molecular flexibility index (Phi) is 8.19. The van der Waals surface area contributed by atoms with Crippen LogP contribution < -0.4 is 5.32 Å². The lowest BCUT2D eigenvalue weighted by Gasteiger charge is -2.25. The highest BCUT2D eigenvalue weighted by atomic mass is 35.5. The number of nitrogens with zero attached hydrogens (tertiary/aromatic N) is 2. The molecule has 1 unspecified atom stereocenters. The van der Waals surface area contributed by atoms with Gasteiger partial charge in [-0.15, -0.1) is 0 Å². The Bertz CT molecular complexity index is 519. The predicted molar refractivity (Wildman–Crippen MR) is 85.8 cm³/mol. The maximum atomic E-state index is 13.4. The van der Waals surface area contributed by atoms with Crippen LogP contribution in [0.15, 0.2) is 6.20 Å². The second-order valence-electron chi connectivity index (χ2n) is 5.28. The molecule has 23 heavy (non-hydrogen) atoms. The van der Waals surface area contributed by atoms with E-state index in [1.807, 2.05) is 6.92 Å². The maximum Gasteiger partial charge on any atom is 0.308 e. The fourth-order valence-corrected chi connectivity index (χ4v) is 2.26. The van der Waals surface area contributed by atoms with Crippen molar-refractivity contribution in [3.63, 3.8) is 0 Å². The molecule has 0 radical (unpaired) electrons. The number of nitrogens with one attached hydrogen (secondary N) is 1. The summed E-state index contributed by atoms with van der Waals surface area (Å²) in [7, 11) is 0. The van der Waals surface area contributed by atoms with Gasteiger partial charge < -0.3 is 15.2 Å². The monoisotopic (exact) mass is 347 g/mol. The summed E-state index contributed by atoms with van der Waals surface area (Å²) in [4.78, 5) is 18.8. The Hall–Kier alpha value is -1.47. The van der Waals surface area contributed by atoms with Crippen LogP contribution in [0.4, 0.5) is 10.2 Å². The molecule has 0 fully saturated rings. The van der Waals surface area contributed by atoms with Crippen molar-refractivity contribution >= 4 is 23.4 Å². The summed E-state index contributed by atoms with van der Waals surface area (Å²) in [5, 5.41) is 13.2. The summed E-state index contributed by atoms with van der Waals surface area (Å²) < 4.78 is 18.3. The fourth-order valence-electron chi connectivity index (χ4n) is 2.13. The summed E-state index contributed by atoms with van der Waals surface area (Å²) >= 11 is 5.60. The van der Waals surface area contributed by atoms with Gasteiger partial charge in [-0.2, -0.15) is 4.98 Å². The van der Waals surface area contributed by atoms with Crippen LogP contribution in [0.25, 0.3) is 0 Å². The van der Waals surface area contributed by atoms with Crippen molar-refractivity contribution in [2.45, 2.75) is 51.6 Å². The van der Waals surface area contributed by atoms with Gasteiger partial charge in [0.25, 0.3) is 0 Å². The van der Waals surface area contributed by atoms with Gasteiger partial charge in [-0.05, 0) is 44.2 Å².